The predicted octanol–water partition coefficient (Wildman–Crippen LogP) is 3.44. The number of benzene rings is 1. The van der Waals surface area contributed by atoms with Gasteiger partial charge in [-0.05, 0) is 37.1 Å². The first kappa shape index (κ1) is 13.8. The van der Waals surface area contributed by atoms with Crippen molar-refractivity contribution in [3.8, 4) is 0 Å². The average Bonchev–Trinajstić information content (AvgIpc) is 2.48. The number of anilines is 2. The van der Waals surface area contributed by atoms with Crippen LogP contribution < -0.4 is 10.2 Å². The quantitative estimate of drug-likeness (QED) is 0.877. The van der Waals surface area contributed by atoms with E-state index in [9.17, 15) is 8.78 Å². The van der Waals surface area contributed by atoms with Crippen LogP contribution in [0.15, 0.2) is 42.5 Å². The van der Waals surface area contributed by atoms with Gasteiger partial charge in [0.2, 0.25) is 5.95 Å². The molecule has 0 amide bonds. The van der Waals surface area contributed by atoms with Gasteiger partial charge in [-0.3, -0.25) is 0 Å². The second-order valence-electron chi connectivity index (χ2n) is 5.23. The lowest BCUT2D eigenvalue weighted by molar-refractivity contribution is 0.516. The summed E-state index contributed by atoms with van der Waals surface area (Å²) in [7, 11) is 0. The van der Waals surface area contributed by atoms with Gasteiger partial charge in [-0.15, -0.1) is 0 Å². The lowest BCUT2D eigenvalue weighted by Gasteiger charge is -2.35. The van der Waals surface area contributed by atoms with Crippen LogP contribution in [0.4, 0.5) is 20.3 Å². The van der Waals surface area contributed by atoms with Crippen LogP contribution in [0.3, 0.4) is 0 Å². The number of nitrogens with zero attached hydrogens (tertiary/aromatic N) is 2. The highest BCUT2D eigenvalue weighted by Gasteiger charge is 2.22. The van der Waals surface area contributed by atoms with Crippen molar-refractivity contribution in [3.63, 3.8) is 0 Å². The SMILES string of the molecule is Fc1cccc(NC2CCCN(c3ccccc3F)C2)n1. The topological polar surface area (TPSA) is 28.2 Å². The Kier molecular flexibility index (Phi) is 3.99. The third kappa shape index (κ3) is 3.29. The van der Waals surface area contributed by atoms with Crippen molar-refractivity contribution in [1.82, 2.24) is 4.98 Å². The number of piperidine rings is 1. The second-order valence-corrected chi connectivity index (χ2v) is 5.23. The highest BCUT2D eigenvalue weighted by Crippen LogP contribution is 2.24. The zero-order valence-corrected chi connectivity index (χ0v) is 11.6. The van der Waals surface area contributed by atoms with E-state index in [1.165, 1.54) is 12.1 Å². The molecule has 5 heteroatoms. The summed E-state index contributed by atoms with van der Waals surface area (Å²) in [5.41, 5.74) is 0.621. The molecule has 1 saturated heterocycles. The number of nitrogens with one attached hydrogen (secondary N) is 1. The molecule has 1 fully saturated rings. The predicted molar refractivity (Wildman–Crippen MR) is 79.5 cm³/mol. The number of halogens is 2. The molecule has 0 spiro atoms. The molecule has 1 atom stereocenters. The van der Waals surface area contributed by atoms with Gasteiger partial charge in [0.05, 0.1) is 5.69 Å². The largest absolute Gasteiger partial charge is 0.367 e. The Morgan fingerprint density at radius 3 is 2.76 bits per heavy atom. The van der Waals surface area contributed by atoms with Gasteiger partial charge < -0.3 is 10.2 Å². The minimum absolute atomic E-state index is 0.132. The van der Waals surface area contributed by atoms with Gasteiger partial charge in [0.25, 0.3) is 0 Å². The standard InChI is InChI=1S/C16H17F2N3/c17-13-6-1-2-7-14(13)21-10-4-5-12(11-21)19-16-9-3-8-15(18)20-16/h1-3,6-9,12H,4-5,10-11H2,(H,19,20). The van der Waals surface area contributed by atoms with E-state index in [1.807, 2.05) is 11.0 Å². The van der Waals surface area contributed by atoms with Crippen LogP contribution in [-0.2, 0) is 0 Å². The maximum absolute atomic E-state index is 13.9. The van der Waals surface area contributed by atoms with Gasteiger partial charge >= 0.3 is 0 Å². The molecular formula is C16H17F2N3. The lowest BCUT2D eigenvalue weighted by Crippen LogP contribution is -2.42. The Morgan fingerprint density at radius 1 is 1.10 bits per heavy atom. The second kappa shape index (κ2) is 6.08. The first-order valence-corrected chi connectivity index (χ1v) is 7.11. The number of rotatable bonds is 3. The smallest absolute Gasteiger partial charge is 0.214 e. The van der Waals surface area contributed by atoms with Crippen LogP contribution in [0.2, 0.25) is 0 Å². The first-order valence-electron chi connectivity index (χ1n) is 7.11. The Balaban J connectivity index is 1.70. The van der Waals surface area contributed by atoms with Crippen LogP contribution in [0.25, 0.3) is 0 Å². The van der Waals surface area contributed by atoms with Crippen LogP contribution in [-0.4, -0.2) is 24.1 Å². The molecule has 21 heavy (non-hydrogen) atoms. The van der Waals surface area contributed by atoms with E-state index in [2.05, 4.69) is 10.3 Å². The van der Waals surface area contributed by atoms with Gasteiger partial charge in [-0.25, -0.2) is 9.37 Å². The third-order valence-electron chi connectivity index (χ3n) is 3.68. The van der Waals surface area contributed by atoms with Crippen LogP contribution in [0, 0.1) is 11.8 Å². The van der Waals surface area contributed by atoms with E-state index in [0.717, 1.165) is 19.4 Å². The van der Waals surface area contributed by atoms with E-state index in [0.29, 0.717) is 18.1 Å². The molecule has 1 aliphatic rings. The minimum Gasteiger partial charge on any atom is -0.367 e. The summed E-state index contributed by atoms with van der Waals surface area (Å²) < 4.78 is 27.0. The van der Waals surface area contributed by atoms with Crippen LogP contribution in [0.5, 0.6) is 0 Å². The highest BCUT2D eigenvalue weighted by atomic mass is 19.1. The summed E-state index contributed by atoms with van der Waals surface area (Å²) in [5.74, 6) is -0.181. The van der Waals surface area contributed by atoms with Crippen LogP contribution >= 0.6 is 0 Å². The van der Waals surface area contributed by atoms with Crippen molar-refractivity contribution in [1.29, 1.82) is 0 Å². The van der Waals surface area contributed by atoms with Crippen molar-refractivity contribution in [2.75, 3.05) is 23.3 Å². The Morgan fingerprint density at radius 2 is 1.95 bits per heavy atom. The molecule has 3 nitrogen and oxygen atoms in total. The van der Waals surface area contributed by atoms with Crippen molar-refractivity contribution < 1.29 is 8.78 Å². The summed E-state index contributed by atoms with van der Waals surface area (Å²) in [6.45, 7) is 1.51. The third-order valence-corrected chi connectivity index (χ3v) is 3.68. The molecule has 0 aliphatic carbocycles. The van der Waals surface area contributed by atoms with Crippen molar-refractivity contribution >= 4 is 11.5 Å². The number of hydrogen-bond acceptors (Lipinski definition) is 3. The van der Waals surface area contributed by atoms with Gasteiger partial charge in [0.15, 0.2) is 0 Å². The van der Waals surface area contributed by atoms with E-state index in [1.54, 1.807) is 24.3 Å². The molecule has 0 bridgehead atoms. The van der Waals surface area contributed by atoms with Gasteiger partial charge in [0, 0.05) is 19.1 Å². The number of para-hydroxylation sites is 1. The minimum atomic E-state index is -0.498. The van der Waals surface area contributed by atoms with Crippen molar-refractivity contribution in [2.45, 2.75) is 18.9 Å². The Bertz CT molecular complexity index is 618. The molecular weight excluding hydrogens is 272 g/mol. The molecule has 0 radical (unpaired) electrons. The monoisotopic (exact) mass is 289 g/mol. The maximum atomic E-state index is 13.9. The summed E-state index contributed by atoms with van der Waals surface area (Å²) in [4.78, 5) is 5.84. The molecule has 2 heterocycles. The fourth-order valence-electron chi connectivity index (χ4n) is 2.72. The molecule has 3 rings (SSSR count). The molecule has 1 N–H and O–H groups in total. The zero-order valence-electron chi connectivity index (χ0n) is 11.6. The molecule has 0 saturated carbocycles. The average molecular weight is 289 g/mol. The van der Waals surface area contributed by atoms with Gasteiger partial charge in [0.1, 0.15) is 11.6 Å². The normalized spacial score (nSPS) is 18.6. The Hall–Kier alpha value is -2.17. The van der Waals surface area contributed by atoms with E-state index >= 15 is 0 Å². The molecule has 110 valence electrons. The lowest BCUT2D eigenvalue weighted by atomic mass is 10.0. The van der Waals surface area contributed by atoms with Crippen molar-refractivity contribution in [2.24, 2.45) is 0 Å². The maximum Gasteiger partial charge on any atom is 0.214 e. The number of pyridine rings is 1. The van der Waals surface area contributed by atoms with Crippen molar-refractivity contribution in [3.05, 3.63) is 54.2 Å². The summed E-state index contributed by atoms with van der Waals surface area (Å²) in [6, 6.07) is 11.6. The fraction of sp³-hybridized carbons (Fsp3) is 0.312. The van der Waals surface area contributed by atoms with Gasteiger partial charge in [-0.1, -0.05) is 18.2 Å². The van der Waals surface area contributed by atoms with E-state index in [-0.39, 0.29) is 11.9 Å². The highest BCUT2D eigenvalue weighted by molar-refractivity contribution is 5.49. The summed E-state index contributed by atoms with van der Waals surface area (Å²) >= 11 is 0. The molecule has 2 aromatic rings. The zero-order chi connectivity index (χ0) is 14.7. The molecule has 1 unspecified atom stereocenters. The van der Waals surface area contributed by atoms with E-state index < -0.39 is 5.95 Å². The molecule has 1 aromatic heterocycles. The van der Waals surface area contributed by atoms with Gasteiger partial charge in [-0.2, -0.15) is 4.39 Å². The molecule has 1 aliphatic heterocycles. The summed E-state index contributed by atoms with van der Waals surface area (Å²) in [6.07, 6.45) is 1.92. The fourth-order valence-corrected chi connectivity index (χ4v) is 2.72. The van der Waals surface area contributed by atoms with Crippen LogP contribution in [0.1, 0.15) is 12.8 Å². The number of hydrogen-bond donors (Lipinski definition) is 1. The van der Waals surface area contributed by atoms with E-state index in [4.69, 9.17) is 0 Å². The molecule has 1 aromatic carbocycles. The number of aromatic nitrogens is 1. The first-order chi connectivity index (χ1) is 10.2. The Labute approximate surface area is 122 Å². The summed E-state index contributed by atoms with van der Waals surface area (Å²) in [5, 5.41) is 3.23.